The van der Waals surface area contributed by atoms with Gasteiger partial charge < -0.3 is 14.6 Å². The molecule has 1 rings (SSSR count). The molecular weight excluding hydrogens is 251 g/mol. The highest BCUT2D eigenvalue weighted by atomic mass is 35.5. The Bertz CT molecular complexity index is 384. The number of aromatic hydroxyl groups is 1. The molecule has 0 radical (unpaired) electrons. The molecule has 0 unspecified atom stereocenters. The van der Waals surface area contributed by atoms with Crippen LogP contribution in [0.5, 0.6) is 17.5 Å². The number of rotatable bonds is 3. The van der Waals surface area contributed by atoms with Crippen molar-refractivity contribution < 1.29 is 27.8 Å². The Morgan fingerprint density at radius 1 is 1.50 bits per heavy atom. The monoisotopic (exact) mass is 257 g/mol. The number of halogens is 4. The Hall–Kier alpha value is -1.37. The molecule has 16 heavy (non-hydrogen) atoms. The van der Waals surface area contributed by atoms with E-state index in [0.717, 1.165) is 0 Å². The zero-order chi connectivity index (χ0) is 12.3. The molecule has 1 N–H and O–H groups in total. The third-order valence-corrected chi connectivity index (χ3v) is 1.87. The summed E-state index contributed by atoms with van der Waals surface area (Å²) in [4.78, 5) is 3.31. The van der Waals surface area contributed by atoms with Crippen molar-refractivity contribution in [2.45, 2.75) is 12.2 Å². The SMILES string of the molecule is COc1cc(CCl)c(O)c(OC(F)(F)F)n1. The predicted molar refractivity (Wildman–Crippen MR) is 48.7 cm³/mol. The van der Waals surface area contributed by atoms with E-state index in [2.05, 4.69) is 14.5 Å². The molecule has 0 atom stereocenters. The Morgan fingerprint density at radius 3 is 2.56 bits per heavy atom. The lowest BCUT2D eigenvalue weighted by Crippen LogP contribution is -2.18. The second kappa shape index (κ2) is 4.65. The number of nitrogens with zero attached hydrogens (tertiary/aromatic N) is 1. The van der Waals surface area contributed by atoms with Gasteiger partial charge in [-0.05, 0) is 0 Å². The molecule has 0 aliphatic heterocycles. The highest BCUT2D eigenvalue weighted by Gasteiger charge is 2.34. The minimum absolute atomic E-state index is 0.0350. The molecular formula is C8H7ClF3NO3. The van der Waals surface area contributed by atoms with Crippen LogP contribution in [-0.4, -0.2) is 23.6 Å². The molecule has 1 aromatic rings. The molecule has 0 aromatic carbocycles. The number of methoxy groups -OCH3 is 1. The predicted octanol–water partition coefficient (Wildman–Crippen LogP) is 2.43. The van der Waals surface area contributed by atoms with Crippen LogP contribution in [0.25, 0.3) is 0 Å². The first kappa shape index (κ1) is 12.7. The van der Waals surface area contributed by atoms with E-state index < -0.39 is 18.0 Å². The molecule has 1 heterocycles. The van der Waals surface area contributed by atoms with Crippen LogP contribution in [0, 0.1) is 0 Å². The maximum Gasteiger partial charge on any atom is 0.574 e. The average Bonchev–Trinajstić information content (AvgIpc) is 2.19. The maximum atomic E-state index is 11.9. The van der Waals surface area contributed by atoms with Gasteiger partial charge in [0.15, 0.2) is 5.75 Å². The summed E-state index contributed by atoms with van der Waals surface area (Å²) < 4.78 is 44.0. The largest absolute Gasteiger partial charge is 0.574 e. The first-order valence-corrected chi connectivity index (χ1v) is 4.49. The molecule has 0 aliphatic rings. The summed E-state index contributed by atoms with van der Waals surface area (Å²) >= 11 is 5.42. The summed E-state index contributed by atoms with van der Waals surface area (Å²) in [6, 6.07) is 1.21. The number of hydrogen-bond acceptors (Lipinski definition) is 4. The Morgan fingerprint density at radius 2 is 2.12 bits per heavy atom. The summed E-state index contributed by atoms with van der Waals surface area (Å²) in [5.41, 5.74) is 0.0350. The fourth-order valence-electron chi connectivity index (χ4n) is 0.927. The van der Waals surface area contributed by atoms with Crippen molar-refractivity contribution in [2.75, 3.05) is 7.11 Å². The molecule has 4 nitrogen and oxygen atoms in total. The van der Waals surface area contributed by atoms with Crippen LogP contribution in [0.2, 0.25) is 0 Å². The average molecular weight is 258 g/mol. The summed E-state index contributed by atoms with van der Waals surface area (Å²) in [5.74, 6) is -2.07. The first-order chi connectivity index (χ1) is 7.37. The van der Waals surface area contributed by atoms with Crippen LogP contribution in [0.1, 0.15) is 5.56 Å². The van der Waals surface area contributed by atoms with E-state index in [0.29, 0.717) is 0 Å². The third-order valence-electron chi connectivity index (χ3n) is 1.58. The van der Waals surface area contributed by atoms with Crippen molar-refractivity contribution in [1.82, 2.24) is 4.98 Å². The zero-order valence-corrected chi connectivity index (χ0v) is 8.76. The van der Waals surface area contributed by atoms with E-state index in [4.69, 9.17) is 11.6 Å². The molecule has 0 saturated heterocycles. The molecule has 0 fully saturated rings. The minimum atomic E-state index is -4.94. The van der Waals surface area contributed by atoms with Crippen molar-refractivity contribution in [3.05, 3.63) is 11.6 Å². The van der Waals surface area contributed by atoms with Crippen molar-refractivity contribution in [3.8, 4) is 17.5 Å². The van der Waals surface area contributed by atoms with E-state index in [9.17, 15) is 18.3 Å². The quantitative estimate of drug-likeness (QED) is 0.845. The van der Waals surface area contributed by atoms with Gasteiger partial charge in [-0.25, -0.2) is 0 Å². The van der Waals surface area contributed by atoms with Crippen LogP contribution in [-0.2, 0) is 5.88 Å². The second-order valence-electron chi connectivity index (χ2n) is 2.66. The van der Waals surface area contributed by atoms with Crippen LogP contribution in [0.4, 0.5) is 13.2 Å². The zero-order valence-electron chi connectivity index (χ0n) is 8.01. The van der Waals surface area contributed by atoms with Crippen LogP contribution in [0.3, 0.4) is 0 Å². The topological polar surface area (TPSA) is 51.6 Å². The summed E-state index contributed by atoms with van der Waals surface area (Å²) in [5, 5.41) is 9.34. The lowest BCUT2D eigenvalue weighted by molar-refractivity contribution is -0.276. The second-order valence-corrected chi connectivity index (χ2v) is 2.93. The van der Waals surface area contributed by atoms with Crippen LogP contribution in [0.15, 0.2) is 6.07 Å². The summed E-state index contributed by atoms with van der Waals surface area (Å²) in [7, 11) is 1.22. The summed E-state index contributed by atoms with van der Waals surface area (Å²) in [6.45, 7) is 0. The van der Waals surface area contributed by atoms with Gasteiger partial charge >= 0.3 is 6.36 Å². The lowest BCUT2D eigenvalue weighted by Gasteiger charge is -2.12. The van der Waals surface area contributed by atoms with Crippen molar-refractivity contribution >= 4 is 11.6 Å². The molecule has 8 heteroatoms. The van der Waals surface area contributed by atoms with Gasteiger partial charge in [-0.1, -0.05) is 0 Å². The van der Waals surface area contributed by atoms with E-state index in [-0.39, 0.29) is 17.3 Å². The smallest absolute Gasteiger partial charge is 0.503 e. The van der Waals surface area contributed by atoms with Gasteiger partial charge in [-0.2, -0.15) is 4.98 Å². The standard InChI is InChI=1S/C8H7ClF3NO3/c1-15-5-2-4(3-9)6(14)7(13-5)16-8(10,11)12/h2,14H,3H2,1H3. The number of hydrogen-bond donors (Lipinski definition) is 1. The lowest BCUT2D eigenvalue weighted by atomic mass is 10.2. The fraction of sp³-hybridized carbons (Fsp3) is 0.375. The van der Waals surface area contributed by atoms with E-state index >= 15 is 0 Å². The van der Waals surface area contributed by atoms with Crippen LogP contribution >= 0.6 is 11.6 Å². The molecule has 0 aliphatic carbocycles. The minimum Gasteiger partial charge on any atom is -0.503 e. The normalized spacial score (nSPS) is 11.3. The molecule has 0 bridgehead atoms. The number of alkyl halides is 4. The van der Waals surface area contributed by atoms with Gasteiger partial charge in [0.1, 0.15) is 0 Å². The Labute approximate surface area is 93.6 Å². The van der Waals surface area contributed by atoms with Gasteiger partial charge in [0.25, 0.3) is 5.88 Å². The first-order valence-electron chi connectivity index (χ1n) is 3.96. The van der Waals surface area contributed by atoms with Gasteiger partial charge in [-0.15, -0.1) is 24.8 Å². The highest BCUT2D eigenvalue weighted by molar-refractivity contribution is 6.17. The van der Waals surface area contributed by atoms with Crippen molar-refractivity contribution in [3.63, 3.8) is 0 Å². The Balaban J connectivity index is 3.16. The van der Waals surface area contributed by atoms with Gasteiger partial charge in [0.2, 0.25) is 5.88 Å². The van der Waals surface area contributed by atoms with E-state index in [1.165, 1.54) is 13.2 Å². The highest BCUT2D eigenvalue weighted by Crippen LogP contribution is 2.35. The Kier molecular flexibility index (Phi) is 3.69. The maximum absolute atomic E-state index is 11.9. The summed E-state index contributed by atoms with van der Waals surface area (Å²) in [6.07, 6.45) is -4.94. The number of aromatic nitrogens is 1. The molecule has 0 amide bonds. The third kappa shape index (κ3) is 3.06. The van der Waals surface area contributed by atoms with Crippen molar-refractivity contribution in [1.29, 1.82) is 0 Å². The van der Waals surface area contributed by atoms with E-state index in [1.54, 1.807) is 0 Å². The fourth-order valence-corrected chi connectivity index (χ4v) is 1.13. The van der Waals surface area contributed by atoms with Gasteiger partial charge in [0.05, 0.1) is 13.0 Å². The van der Waals surface area contributed by atoms with Gasteiger partial charge in [-0.3, -0.25) is 0 Å². The van der Waals surface area contributed by atoms with Crippen LogP contribution < -0.4 is 9.47 Å². The van der Waals surface area contributed by atoms with E-state index in [1.807, 2.05) is 0 Å². The molecule has 1 aromatic heterocycles. The number of ether oxygens (including phenoxy) is 2. The molecule has 90 valence electrons. The molecule has 0 spiro atoms. The number of pyridine rings is 1. The molecule has 0 saturated carbocycles. The van der Waals surface area contributed by atoms with Crippen molar-refractivity contribution in [2.24, 2.45) is 0 Å². The van der Waals surface area contributed by atoms with Gasteiger partial charge in [0, 0.05) is 11.6 Å².